The van der Waals surface area contributed by atoms with Crippen LogP contribution in [0.2, 0.25) is 0 Å². The molecule has 0 aliphatic heterocycles. The van der Waals surface area contributed by atoms with Crippen LogP contribution in [0.25, 0.3) is 0 Å². The lowest BCUT2D eigenvalue weighted by Gasteiger charge is -2.08. The van der Waals surface area contributed by atoms with Crippen molar-refractivity contribution in [3.63, 3.8) is 0 Å². The highest BCUT2D eigenvalue weighted by Gasteiger charge is 2.14. The molecular formula is C18H15N3O3S. The van der Waals surface area contributed by atoms with Gasteiger partial charge >= 0.3 is 5.69 Å². The summed E-state index contributed by atoms with van der Waals surface area (Å²) in [5.74, 6) is 0.540. The average Bonchev–Trinajstić information content (AvgIpc) is 2.63. The minimum absolute atomic E-state index is 0.0965. The Morgan fingerprint density at radius 1 is 1.04 bits per heavy atom. The molecule has 25 heavy (non-hydrogen) atoms. The Bertz CT molecular complexity index is 916. The van der Waals surface area contributed by atoms with E-state index < -0.39 is 15.7 Å². The molecule has 0 spiro atoms. The number of rotatable bonds is 6. The summed E-state index contributed by atoms with van der Waals surface area (Å²) in [5.41, 5.74) is 1.43. The molecule has 1 aromatic heterocycles. The molecule has 0 aliphatic carbocycles. The predicted molar refractivity (Wildman–Crippen MR) is 97.2 cm³/mol. The maximum atomic E-state index is 12.4. The quantitative estimate of drug-likeness (QED) is 0.534. The van der Waals surface area contributed by atoms with Gasteiger partial charge in [0.15, 0.2) is 0 Å². The summed E-state index contributed by atoms with van der Waals surface area (Å²) >= 11 is 0. The summed E-state index contributed by atoms with van der Waals surface area (Å²) < 4.78 is 12.4. The second-order valence-corrected chi connectivity index (χ2v) is 6.71. The molecule has 0 aliphatic rings. The number of hydrogen-bond acceptors (Lipinski definition) is 5. The van der Waals surface area contributed by atoms with E-state index in [9.17, 15) is 14.3 Å². The van der Waals surface area contributed by atoms with Gasteiger partial charge in [-0.3, -0.25) is 14.3 Å². The molecule has 0 fully saturated rings. The third-order valence-corrected chi connectivity index (χ3v) is 4.87. The summed E-state index contributed by atoms with van der Waals surface area (Å²) in [5, 5.41) is 14.0. The lowest BCUT2D eigenvalue weighted by atomic mass is 10.2. The van der Waals surface area contributed by atoms with Crippen molar-refractivity contribution in [2.45, 2.75) is 10.6 Å². The molecule has 1 N–H and O–H groups in total. The fourth-order valence-corrected chi connectivity index (χ4v) is 3.43. The van der Waals surface area contributed by atoms with Crippen molar-refractivity contribution in [1.29, 1.82) is 0 Å². The Kier molecular flexibility index (Phi) is 5.15. The van der Waals surface area contributed by atoms with E-state index in [-0.39, 0.29) is 11.5 Å². The van der Waals surface area contributed by atoms with E-state index >= 15 is 0 Å². The molecule has 1 atom stereocenters. The van der Waals surface area contributed by atoms with Gasteiger partial charge in [-0.25, -0.2) is 4.98 Å². The summed E-state index contributed by atoms with van der Waals surface area (Å²) in [7, 11) is -1.15. The van der Waals surface area contributed by atoms with Crippen LogP contribution in [0.1, 0.15) is 5.56 Å². The number of hydrogen-bond donors (Lipinski definition) is 1. The second-order valence-electron chi connectivity index (χ2n) is 5.26. The number of anilines is 2. The lowest BCUT2D eigenvalue weighted by Crippen LogP contribution is -2.00. The molecule has 3 rings (SSSR count). The van der Waals surface area contributed by atoms with E-state index in [4.69, 9.17) is 0 Å². The molecule has 3 aromatic rings. The van der Waals surface area contributed by atoms with Crippen molar-refractivity contribution in [1.82, 2.24) is 4.98 Å². The van der Waals surface area contributed by atoms with Crippen LogP contribution in [0, 0.1) is 10.1 Å². The van der Waals surface area contributed by atoms with Crippen LogP contribution >= 0.6 is 0 Å². The van der Waals surface area contributed by atoms with Crippen LogP contribution in [0.4, 0.5) is 17.2 Å². The smallest absolute Gasteiger partial charge is 0.311 e. The largest absolute Gasteiger partial charge is 0.334 e. The molecule has 0 amide bonds. The molecule has 7 heteroatoms. The molecule has 2 aromatic carbocycles. The lowest BCUT2D eigenvalue weighted by molar-refractivity contribution is -0.384. The van der Waals surface area contributed by atoms with Gasteiger partial charge in [-0.15, -0.1) is 0 Å². The fourth-order valence-electron chi connectivity index (χ4n) is 2.32. The minimum Gasteiger partial charge on any atom is -0.334 e. The third-order valence-electron chi connectivity index (χ3n) is 3.48. The van der Waals surface area contributed by atoms with E-state index in [1.54, 1.807) is 6.07 Å². The van der Waals surface area contributed by atoms with Crippen molar-refractivity contribution in [3.8, 4) is 0 Å². The Hall–Kier alpha value is -3.06. The van der Waals surface area contributed by atoms with Crippen LogP contribution in [-0.4, -0.2) is 14.1 Å². The first-order valence-corrected chi connectivity index (χ1v) is 8.84. The van der Waals surface area contributed by atoms with E-state index in [0.717, 1.165) is 10.5 Å². The molecule has 0 radical (unpaired) electrons. The predicted octanol–water partition coefficient (Wildman–Crippen LogP) is 4.04. The molecule has 1 heterocycles. The van der Waals surface area contributed by atoms with Crippen molar-refractivity contribution in [2.24, 2.45) is 0 Å². The summed E-state index contributed by atoms with van der Waals surface area (Å²) in [6.07, 6.45) is 1.49. The Balaban J connectivity index is 1.78. The fraction of sp³-hybridized carbons (Fsp3) is 0.0556. The summed E-state index contributed by atoms with van der Waals surface area (Å²) in [6, 6.07) is 19.4. The maximum absolute atomic E-state index is 12.4. The molecule has 1 unspecified atom stereocenters. The monoisotopic (exact) mass is 353 g/mol. The number of nitrogens with one attached hydrogen (secondary N) is 1. The molecule has 126 valence electrons. The minimum atomic E-state index is -1.15. The topological polar surface area (TPSA) is 85.1 Å². The van der Waals surface area contributed by atoms with Crippen molar-refractivity contribution >= 4 is 28.0 Å². The van der Waals surface area contributed by atoms with Gasteiger partial charge in [0, 0.05) is 22.8 Å². The van der Waals surface area contributed by atoms with Crippen LogP contribution < -0.4 is 5.32 Å². The number of nitrogens with zero attached hydrogens (tertiary/aromatic N) is 2. The van der Waals surface area contributed by atoms with Gasteiger partial charge in [0.1, 0.15) is 0 Å². The third kappa shape index (κ3) is 4.27. The van der Waals surface area contributed by atoms with Crippen LogP contribution in [-0.2, 0) is 16.6 Å². The van der Waals surface area contributed by atoms with Crippen LogP contribution in [0.5, 0.6) is 0 Å². The van der Waals surface area contributed by atoms with Crippen molar-refractivity contribution in [2.75, 3.05) is 5.32 Å². The average molecular weight is 353 g/mol. The van der Waals surface area contributed by atoms with E-state index in [0.29, 0.717) is 11.4 Å². The standard InChI is InChI=1S/C18H15N3O3S/c22-21(23)17-10-5-11-19-18(17)20-15-7-4-6-14(12-15)13-25(24)16-8-2-1-3-9-16/h1-12H,13H2,(H,19,20). The van der Waals surface area contributed by atoms with Gasteiger partial charge in [0.2, 0.25) is 5.82 Å². The van der Waals surface area contributed by atoms with Gasteiger partial charge < -0.3 is 5.32 Å². The number of aromatic nitrogens is 1. The highest BCUT2D eigenvalue weighted by atomic mass is 32.2. The van der Waals surface area contributed by atoms with Gasteiger partial charge in [-0.05, 0) is 35.9 Å². The number of nitro groups is 1. The van der Waals surface area contributed by atoms with Gasteiger partial charge in [-0.2, -0.15) is 0 Å². The first-order chi connectivity index (χ1) is 12.1. The number of benzene rings is 2. The van der Waals surface area contributed by atoms with Crippen LogP contribution in [0.15, 0.2) is 77.8 Å². The van der Waals surface area contributed by atoms with Crippen molar-refractivity contribution < 1.29 is 9.13 Å². The highest BCUT2D eigenvalue weighted by molar-refractivity contribution is 7.84. The number of pyridine rings is 1. The van der Waals surface area contributed by atoms with E-state index in [1.807, 2.05) is 48.5 Å². The SMILES string of the molecule is O=[N+]([O-])c1cccnc1Nc1cccc(CS(=O)c2ccccc2)c1. The normalized spacial score (nSPS) is 11.7. The summed E-state index contributed by atoms with van der Waals surface area (Å²) in [6.45, 7) is 0. The second kappa shape index (κ2) is 7.67. The highest BCUT2D eigenvalue weighted by Crippen LogP contribution is 2.25. The molecule has 6 nitrogen and oxygen atoms in total. The van der Waals surface area contributed by atoms with Crippen molar-refractivity contribution in [3.05, 3.63) is 88.6 Å². The Morgan fingerprint density at radius 3 is 2.60 bits per heavy atom. The zero-order valence-corrected chi connectivity index (χ0v) is 14.0. The molecule has 0 saturated carbocycles. The zero-order chi connectivity index (χ0) is 17.6. The summed E-state index contributed by atoms with van der Waals surface area (Å²) in [4.78, 5) is 15.4. The van der Waals surface area contributed by atoms with Gasteiger partial charge in [0.05, 0.1) is 21.5 Å². The van der Waals surface area contributed by atoms with Gasteiger partial charge in [0.25, 0.3) is 0 Å². The van der Waals surface area contributed by atoms with Crippen LogP contribution in [0.3, 0.4) is 0 Å². The molecule has 0 saturated heterocycles. The molecule has 0 bridgehead atoms. The van der Waals surface area contributed by atoms with E-state index in [2.05, 4.69) is 10.3 Å². The van der Waals surface area contributed by atoms with E-state index in [1.165, 1.54) is 18.3 Å². The molecular weight excluding hydrogens is 338 g/mol. The Labute approximate surface area is 147 Å². The maximum Gasteiger partial charge on any atom is 0.311 e. The Morgan fingerprint density at radius 2 is 1.84 bits per heavy atom. The first kappa shape index (κ1) is 16.8. The first-order valence-electron chi connectivity index (χ1n) is 7.52. The zero-order valence-electron chi connectivity index (χ0n) is 13.2. The van der Waals surface area contributed by atoms with Gasteiger partial charge in [-0.1, -0.05) is 30.3 Å².